The molecule has 23 heavy (non-hydrogen) atoms. The van der Waals surface area contributed by atoms with Gasteiger partial charge in [-0.15, -0.1) is 0 Å². The SMILES string of the molecule is C=CC(=C)c1ccc(C2=CC[C@]3(C)CCCC=C3C2(C)C)cc1. The lowest BCUT2D eigenvalue weighted by Gasteiger charge is -2.48. The van der Waals surface area contributed by atoms with Gasteiger partial charge in [-0.3, -0.25) is 0 Å². The quantitative estimate of drug-likeness (QED) is 0.425. The van der Waals surface area contributed by atoms with Gasteiger partial charge in [-0.1, -0.05) is 82.0 Å². The summed E-state index contributed by atoms with van der Waals surface area (Å²) in [5.41, 5.74) is 7.07. The topological polar surface area (TPSA) is 0 Å². The lowest BCUT2D eigenvalue weighted by molar-refractivity contribution is 0.278. The van der Waals surface area contributed by atoms with Crippen molar-refractivity contribution in [3.05, 3.63) is 72.4 Å². The highest BCUT2D eigenvalue weighted by molar-refractivity contribution is 5.77. The number of fused-ring (bicyclic) bond motifs is 1. The molecule has 0 saturated carbocycles. The molecule has 2 aliphatic carbocycles. The average molecular weight is 304 g/mol. The normalized spacial score (nSPS) is 25.9. The van der Waals surface area contributed by atoms with Crippen molar-refractivity contribution in [2.75, 3.05) is 0 Å². The summed E-state index contributed by atoms with van der Waals surface area (Å²) in [6.45, 7) is 15.1. The van der Waals surface area contributed by atoms with Crippen LogP contribution < -0.4 is 0 Å². The van der Waals surface area contributed by atoms with Crippen molar-refractivity contribution in [2.45, 2.75) is 46.5 Å². The van der Waals surface area contributed by atoms with Crippen LogP contribution in [-0.2, 0) is 0 Å². The molecule has 0 N–H and O–H groups in total. The lowest BCUT2D eigenvalue weighted by Crippen LogP contribution is -2.35. The Hall–Kier alpha value is -1.82. The van der Waals surface area contributed by atoms with Crippen LogP contribution in [-0.4, -0.2) is 0 Å². The predicted octanol–water partition coefficient (Wildman–Crippen LogP) is 6.82. The maximum absolute atomic E-state index is 4.04. The first-order valence-corrected chi connectivity index (χ1v) is 8.72. The molecule has 3 rings (SSSR count). The second kappa shape index (κ2) is 5.67. The summed E-state index contributed by atoms with van der Waals surface area (Å²) in [5, 5.41) is 0. The summed E-state index contributed by atoms with van der Waals surface area (Å²) in [4.78, 5) is 0. The van der Waals surface area contributed by atoms with Crippen LogP contribution in [0.5, 0.6) is 0 Å². The van der Waals surface area contributed by atoms with Gasteiger partial charge in [0.15, 0.2) is 0 Å². The Labute approximate surface area is 141 Å². The van der Waals surface area contributed by atoms with E-state index in [-0.39, 0.29) is 5.41 Å². The van der Waals surface area contributed by atoms with Gasteiger partial charge in [-0.05, 0) is 53.4 Å². The third-order valence-electron chi connectivity index (χ3n) is 5.85. The van der Waals surface area contributed by atoms with E-state index in [1.165, 1.54) is 36.8 Å². The van der Waals surface area contributed by atoms with Crippen molar-refractivity contribution in [1.82, 2.24) is 0 Å². The van der Waals surface area contributed by atoms with E-state index in [1.54, 1.807) is 5.57 Å². The molecule has 0 saturated heterocycles. The largest absolute Gasteiger partial charge is 0.0985 e. The smallest absolute Gasteiger partial charge is 0.0113 e. The van der Waals surface area contributed by atoms with E-state index >= 15 is 0 Å². The Kier molecular flexibility index (Phi) is 3.96. The van der Waals surface area contributed by atoms with Crippen LogP contribution in [0.3, 0.4) is 0 Å². The van der Waals surface area contributed by atoms with Crippen LogP contribution >= 0.6 is 0 Å². The molecule has 1 aromatic carbocycles. The maximum atomic E-state index is 4.04. The van der Waals surface area contributed by atoms with Gasteiger partial charge < -0.3 is 0 Å². The van der Waals surface area contributed by atoms with Crippen molar-refractivity contribution in [2.24, 2.45) is 10.8 Å². The third kappa shape index (κ3) is 2.65. The van der Waals surface area contributed by atoms with Crippen molar-refractivity contribution in [3.63, 3.8) is 0 Å². The molecule has 0 amide bonds. The first-order chi connectivity index (χ1) is 10.9. The first-order valence-electron chi connectivity index (χ1n) is 8.72. The number of rotatable bonds is 3. The van der Waals surface area contributed by atoms with Crippen LogP contribution in [0.25, 0.3) is 11.1 Å². The summed E-state index contributed by atoms with van der Waals surface area (Å²) in [6.07, 6.45) is 11.9. The third-order valence-corrected chi connectivity index (χ3v) is 5.85. The Bertz CT molecular complexity index is 694. The first kappa shape index (κ1) is 16.1. The number of hydrogen-bond donors (Lipinski definition) is 0. The van der Waals surface area contributed by atoms with Gasteiger partial charge in [-0.25, -0.2) is 0 Å². The number of allylic oxidation sites excluding steroid dienone is 6. The number of benzene rings is 1. The molecule has 0 aliphatic heterocycles. The Morgan fingerprint density at radius 1 is 1.09 bits per heavy atom. The molecule has 0 fully saturated rings. The van der Waals surface area contributed by atoms with Crippen LogP contribution in [0.2, 0.25) is 0 Å². The van der Waals surface area contributed by atoms with Gasteiger partial charge in [0, 0.05) is 5.41 Å². The molecule has 0 heteroatoms. The molecule has 0 unspecified atom stereocenters. The van der Waals surface area contributed by atoms with Crippen molar-refractivity contribution < 1.29 is 0 Å². The van der Waals surface area contributed by atoms with E-state index in [4.69, 9.17) is 0 Å². The van der Waals surface area contributed by atoms with Gasteiger partial charge in [0.1, 0.15) is 0 Å². The fourth-order valence-electron chi connectivity index (χ4n) is 4.53. The minimum Gasteiger partial charge on any atom is -0.0985 e. The molecule has 0 spiro atoms. The molecule has 0 nitrogen and oxygen atoms in total. The maximum Gasteiger partial charge on any atom is 0.0113 e. The standard InChI is InChI=1S/C23H28/c1-6-17(2)18-10-12-19(13-11-18)20-14-16-23(5)15-8-7-9-21(23)22(20,3)4/h6,9-14H,1-2,7-8,15-16H2,3-5H3/t23-/m0/s1. The van der Waals surface area contributed by atoms with E-state index < -0.39 is 0 Å². The minimum atomic E-state index is 0.115. The molecule has 0 aromatic heterocycles. The highest BCUT2D eigenvalue weighted by Crippen LogP contribution is 2.57. The Balaban J connectivity index is 2.00. The Morgan fingerprint density at radius 3 is 2.43 bits per heavy atom. The van der Waals surface area contributed by atoms with E-state index in [9.17, 15) is 0 Å². The van der Waals surface area contributed by atoms with Crippen molar-refractivity contribution >= 4 is 11.1 Å². The molecular weight excluding hydrogens is 276 g/mol. The second-order valence-corrected chi connectivity index (χ2v) is 7.82. The molecule has 2 aliphatic rings. The summed E-state index contributed by atoms with van der Waals surface area (Å²) in [6, 6.07) is 8.81. The molecule has 0 radical (unpaired) electrons. The summed E-state index contributed by atoms with van der Waals surface area (Å²) in [7, 11) is 0. The van der Waals surface area contributed by atoms with Gasteiger partial charge in [0.2, 0.25) is 0 Å². The van der Waals surface area contributed by atoms with Crippen LogP contribution in [0.15, 0.2) is 61.2 Å². The highest BCUT2D eigenvalue weighted by Gasteiger charge is 2.43. The van der Waals surface area contributed by atoms with Crippen LogP contribution in [0.1, 0.15) is 57.6 Å². The summed E-state index contributed by atoms with van der Waals surface area (Å²) in [5.74, 6) is 0. The zero-order valence-corrected chi connectivity index (χ0v) is 14.8. The molecular formula is C23H28. The average Bonchev–Trinajstić information content (AvgIpc) is 2.54. The second-order valence-electron chi connectivity index (χ2n) is 7.82. The molecule has 0 heterocycles. The van der Waals surface area contributed by atoms with Gasteiger partial charge >= 0.3 is 0 Å². The van der Waals surface area contributed by atoms with Gasteiger partial charge in [-0.2, -0.15) is 0 Å². The van der Waals surface area contributed by atoms with Crippen molar-refractivity contribution in [1.29, 1.82) is 0 Å². The molecule has 120 valence electrons. The number of hydrogen-bond acceptors (Lipinski definition) is 0. The van der Waals surface area contributed by atoms with Crippen LogP contribution in [0, 0.1) is 10.8 Å². The van der Waals surface area contributed by atoms with E-state index in [0.29, 0.717) is 5.41 Å². The molecule has 0 bridgehead atoms. The Morgan fingerprint density at radius 2 is 1.78 bits per heavy atom. The fraction of sp³-hybridized carbons (Fsp3) is 0.391. The monoisotopic (exact) mass is 304 g/mol. The minimum absolute atomic E-state index is 0.115. The summed E-state index contributed by atoms with van der Waals surface area (Å²) >= 11 is 0. The van der Waals surface area contributed by atoms with Gasteiger partial charge in [0.25, 0.3) is 0 Å². The zero-order chi connectivity index (χ0) is 16.7. The predicted molar refractivity (Wildman–Crippen MR) is 102 cm³/mol. The highest BCUT2D eigenvalue weighted by atomic mass is 14.5. The molecule has 1 aromatic rings. The van der Waals surface area contributed by atoms with E-state index in [2.05, 4.69) is 70.3 Å². The van der Waals surface area contributed by atoms with Crippen molar-refractivity contribution in [3.8, 4) is 0 Å². The summed E-state index contributed by atoms with van der Waals surface area (Å²) < 4.78 is 0. The van der Waals surface area contributed by atoms with Gasteiger partial charge in [0.05, 0.1) is 0 Å². The zero-order valence-electron chi connectivity index (χ0n) is 14.8. The van der Waals surface area contributed by atoms with Crippen LogP contribution in [0.4, 0.5) is 0 Å². The van der Waals surface area contributed by atoms with E-state index in [1.807, 2.05) is 6.08 Å². The molecule has 1 atom stereocenters. The fourth-order valence-corrected chi connectivity index (χ4v) is 4.53. The lowest BCUT2D eigenvalue weighted by atomic mass is 9.56. The van der Waals surface area contributed by atoms with E-state index in [0.717, 1.165) is 11.1 Å².